The number of aliphatic carboxylic acids is 1. The Morgan fingerprint density at radius 3 is 2.63 bits per heavy atom. The predicted octanol–water partition coefficient (Wildman–Crippen LogP) is 0.891. The lowest BCUT2D eigenvalue weighted by atomic mass is 10.2. The average molecular weight is 277 g/mol. The van der Waals surface area contributed by atoms with Crippen LogP contribution >= 0.6 is 0 Å². The maximum atomic E-state index is 11.4. The Kier molecular flexibility index (Phi) is 7.98. The predicted molar refractivity (Wildman–Crippen MR) is 62.5 cm³/mol. The molecule has 0 rings (SSSR count). The quantitative estimate of drug-likeness (QED) is 0.166. The van der Waals surface area contributed by atoms with E-state index in [0.717, 1.165) is 0 Å². The molecule has 1 unspecified atom stereocenters. The van der Waals surface area contributed by atoms with Gasteiger partial charge >= 0.3 is 11.9 Å². The average Bonchev–Trinajstić information content (AvgIpc) is 2.30. The van der Waals surface area contributed by atoms with Gasteiger partial charge in [0.1, 0.15) is 0 Å². The van der Waals surface area contributed by atoms with E-state index < -0.39 is 18.2 Å². The first kappa shape index (κ1) is 16.9. The first-order valence-corrected chi connectivity index (χ1v) is 5.77. The van der Waals surface area contributed by atoms with Gasteiger partial charge in [-0.1, -0.05) is 0 Å². The number of carbonyl (C=O) groups is 2. The van der Waals surface area contributed by atoms with E-state index >= 15 is 0 Å². The molecule has 0 saturated heterocycles. The Morgan fingerprint density at radius 2 is 2.11 bits per heavy atom. The van der Waals surface area contributed by atoms with Crippen LogP contribution in [0.25, 0.3) is 0 Å². The highest BCUT2D eigenvalue weighted by Crippen LogP contribution is 2.00. The van der Waals surface area contributed by atoms with Crippen LogP contribution in [0.3, 0.4) is 0 Å². The second kappa shape index (κ2) is 8.95. The zero-order valence-electron chi connectivity index (χ0n) is 11.2. The summed E-state index contributed by atoms with van der Waals surface area (Å²) in [6.45, 7) is 2.97. The zero-order chi connectivity index (χ0) is 14.8. The molecular weight excluding hydrogens is 258 g/mol. The summed E-state index contributed by atoms with van der Waals surface area (Å²) in [5, 5.41) is 24.2. The molecule has 0 amide bonds. The van der Waals surface area contributed by atoms with Crippen molar-refractivity contribution in [3.05, 3.63) is 5.21 Å². The van der Waals surface area contributed by atoms with Crippen LogP contribution in [0.4, 0.5) is 0 Å². The van der Waals surface area contributed by atoms with Gasteiger partial charge in [0.05, 0.1) is 18.6 Å². The van der Waals surface area contributed by atoms with Crippen LogP contribution in [-0.2, 0) is 19.2 Å². The van der Waals surface area contributed by atoms with Crippen molar-refractivity contribution in [1.29, 1.82) is 0 Å². The molecule has 0 saturated carbocycles. The van der Waals surface area contributed by atoms with E-state index in [1.165, 1.54) is 25.9 Å². The molecule has 0 fully saturated rings. The summed E-state index contributed by atoms with van der Waals surface area (Å²) in [7, 11) is 1.48. The highest BCUT2D eigenvalue weighted by molar-refractivity contribution is 5.66. The van der Waals surface area contributed by atoms with E-state index in [1.54, 1.807) is 0 Å². The third kappa shape index (κ3) is 9.62. The first-order valence-electron chi connectivity index (χ1n) is 5.77. The number of rotatable bonds is 9. The van der Waals surface area contributed by atoms with Gasteiger partial charge in [-0.25, -0.2) is 0 Å². The number of esters is 1. The van der Waals surface area contributed by atoms with Crippen LogP contribution in [0.5, 0.6) is 0 Å². The fraction of sp³-hybridized carbons (Fsp3) is 0.800. The molecule has 9 heteroatoms. The molecule has 0 aliphatic heterocycles. The monoisotopic (exact) mass is 277 g/mol. The second-order valence-electron chi connectivity index (χ2n) is 3.85. The number of carboxylic acids is 1. The van der Waals surface area contributed by atoms with Crippen molar-refractivity contribution in [1.82, 2.24) is 5.01 Å². The van der Waals surface area contributed by atoms with Crippen LogP contribution in [0.1, 0.15) is 33.1 Å². The largest absolute Gasteiger partial charge is 0.569 e. The van der Waals surface area contributed by atoms with E-state index in [9.17, 15) is 14.8 Å². The van der Waals surface area contributed by atoms with Crippen LogP contribution in [0.15, 0.2) is 5.28 Å². The minimum atomic E-state index is -0.950. The summed E-state index contributed by atoms with van der Waals surface area (Å²) >= 11 is 0. The molecule has 1 atom stereocenters. The highest BCUT2D eigenvalue weighted by atomic mass is 16.8. The number of hydrogen-bond donors (Lipinski definition) is 1. The lowest BCUT2D eigenvalue weighted by molar-refractivity contribution is -0.707. The molecule has 9 nitrogen and oxygen atoms in total. The zero-order valence-corrected chi connectivity index (χ0v) is 11.2. The number of hydrogen-bond acceptors (Lipinski definition) is 6. The van der Waals surface area contributed by atoms with Crippen molar-refractivity contribution >= 4 is 11.9 Å². The van der Waals surface area contributed by atoms with Gasteiger partial charge < -0.3 is 15.1 Å². The Bertz CT molecular complexity index is 333. The molecule has 0 aliphatic carbocycles. The van der Waals surface area contributed by atoms with Crippen LogP contribution in [0, 0.1) is 5.21 Å². The number of unbranched alkanes of at least 4 members (excludes halogenated alkanes) is 1. The Labute approximate surface area is 110 Å². The molecule has 110 valence electrons. The number of ether oxygens (including phenoxy) is 1. The molecule has 0 bridgehead atoms. The number of carbonyl (C=O) groups excluding carboxylic acids is 1. The van der Waals surface area contributed by atoms with Crippen molar-refractivity contribution in [3.8, 4) is 0 Å². The van der Waals surface area contributed by atoms with E-state index in [1.807, 2.05) is 0 Å². The van der Waals surface area contributed by atoms with Crippen LogP contribution < -0.4 is 0 Å². The third-order valence-corrected chi connectivity index (χ3v) is 2.01. The summed E-state index contributed by atoms with van der Waals surface area (Å²) < 4.78 is 4.60. The van der Waals surface area contributed by atoms with Gasteiger partial charge in [0.25, 0.3) is 6.29 Å². The molecule has 0 aliphatic rings. The van der Waals surface area contributed by atoms with E-state index in [4.69, 9.17) is 5.11 Å². The molecule has 1 N–H and O–H groups in total. The molecule has 19 heavy (non-hydrogen) atoms. The van der Waals surface area contributed by atoms with Gasteiger partial charge in [-0.3, -0.25) is 14.4 Å². The number of hydrazine groups is 1. The fourth-order valence-electron chi connectivity index (χ4n) is 1.13. The van der Waals surface area contributed by atoms with Gasteiger partial charge in [-0.05, 0) is 12.8 Å². The van der Waals surface area contributed by atoms with Crippen molar-refractivity contribution in [3.63, 3.8) is 0 Å². The van der Waals surface area contributed by atoms with Crippen molar-refractivity contribution in [2.45, 2.75) is 39.4 Å². The minimum Gasteiger partial charge on any atom is -0.569 e. The summed E-state index contributed by atoms with van der Waals surface area (Å²) in [5.74, 6) is -1.41. The van der Waals surface area contributed by atoms with Gasteiger partial charge in [0, 0.05) is 20.3 Å². The van der Waals surface area contributed by atoms with Crippen molar-refractivity contribution in [2.24, 2.45) is 5.28 Å². The summed E-state index contributed by atoms with van der Waals surface area (Å²) in [6, 6.07) is 0. The summed E-state index contributed by atoms with van der Waals surface area (Å²) in [5.41, 5.74) is 0. The third-order valence-electron chi connectivity index (χ3n) is 2.01. The lowest BCUT2D eigenvalue weighted by Gasteiger charge is -2.13. The molecule has 0 aromatic rings. The molecule has 0 radical (unpaired) electrons. The molecule has 0 aromatic heterocycles. The lowest BCUT2D eigenvalue weighted by Crippen LogP contribution is -2.28. The van der Waals surface area contributed by atoms with Gasteiger partial charge in [0.2, 0.25) is 5.28 Å². The molecule has 0 aromatic carbocycles. The Morgan fingerprint density at radius 1 is 1.47 bits per heavy atom. The van der Waals surface area contributed by atoms with Gasteiger partial charge in [-0.15, -0.1) is 5.01 Å². The smallest absolute Gasteiger partial charge is 0.305 e. The summed E-state index contributed by atoms with van der Waals surface area (Å²) in [6.07, 6.45) is 0.118. The minimum absolute atomic E-state index is 0.0594. The second-order valence-corrected chi connectivity index (χ2v) is 3.85. The fourth-order valence-corrected chi connectivity index (χ4v) is 1.13. The highest BCUT2D eigenvalue weighted by Gasteiger charge is 2.10. The SMILES string of the molecule is CC(=O)OC(C)O/N=[N+](\[O-])N(C)CCCCC(=O)O. The van der Waals surface area contributed by atoms with E-state index in [2.05, 4.69) is 14.9 Å². The topological polar surface area (TPSA) is 114 Å². The van der Waals surface area contributed by atoms with E-state index in [0.29, 0.717) is 19.4 Å². The van der Waals surface area contributed by atoms with Gasteiger partial charge in [0.15, 0.2) is 0 Å². The number of carboxylic acid groups (broad SMARTS) is 1. The number of nitrogens with zero attached hydrogens (tertiary/aromatic N) is 3. The molecule has 0 heterocycles. The van der Waals surface area contributed by atoms with Crippen molar-refractivity contribution in [2.75, 3.05) is 13.6 Å². The van der Waals surface area contributed by atoms with Crippen LogP contribution in [-0.4, -0.2) is 46.9 Å². The first-order chi connectivity index (χ1) is 8.82. The maximum absolute atomic E-state index is 11.4. The van der Waals surface area contributed by atoms with Crippen molar-refractivity contribution < 1.29 is 29.2 Å². The molecule has 0 spiro atoms. The maximum Gasteiger partial charge on any atom is 0.305 e. The normalized spacial score (nSPS) is 12.7. The molecular formula is C10H19N3O6. The standard InChI is InChI=1S/C10H19N3O6/c1-8(14)18-9(2)19-11-13(17)12(3)7-5-4-6-10(15)16/h9H,4-7H2,1-3H3,(H,15,16)/b13-11-. The summed E-state index contributed by atoms with van der Waals surface area (Å²) in [4.78, 5) is 25.7. The van der Waals surface area contributed by atoms with Gasteiger partial charge in [-0.2, -0.15) is 0 Å². The Hall–Kier alpha value is -2.06. The Balaban J connectivity index is 3.93. The van der Waals surface area contributed by atoms with E-state index in [-0.39, 0.29) is 11.4 Å². The van der Waals surface area contributed by atoms with Crippen LogP contribution in [0.2, 0.25) is 0 Å².